The molecule has 0 amide bonds. The maximum absolute atomic E-state index is 6.42. The molecule has 3 aromatic heterocycles. The van der Waals surface area contributed by atoms with Crippen LogP contribution in [0, 0.1) is 0 Å². The summed E-state index contributed by atoms with van der Waals surface area (Å²) in [5.41, 5.74) is 11.3. The van der Waals surface area contributed by atoms with Crippen molar-refractivity contribution in [2.45, 2.75) is 44.2 Å². The molecule has 0 spiro atoms. The monoisotopic (exact) mass is 525 g/mol. The molecule has 0 bridgehead atoms. The highest BCUT2D eigenvalue weighted by Gasteiger charge is 2.30. The molecule has 0 unspecified atom stereocenters. The molecule has 2 aromatic carbocycles. The van der Waals surface area contributed by atoms with Gasteiger partial charge in [0.1, 0.15) is 17.8 Å². The van der Waals surface area contributed by atoms with Crippen LogP contribution in [0.5, 0.6) is 0 Å². The Kier molecular flexibility index (Phi) is 6.27. The number of anilines is 1. The lowest BCUT2D eigenvalue weighted by Gasteiger charge is -2.38. The van der Waals surface area contributed by atoms with Gasteiger partial charge in [-0.2, -0.15) is 5.10 Å². The Balaban J connectivity index is 1.19. The summed E-state index contributed by atoms with van der Waals surface area (Å²) in [4.78, 5) is 16.5. The van der Waals surface area contributed by atoms with Gasteiger partial charge in [0.2, 0.25) is 0 Å². The predicted molar refractivity (Wildman–Crippen MR) is 151 cm³/mol. The van der Waals surface area contributed by atoms with Gasteiger partial charge in [0, 0.05) is 31.1 Å². The molecule has 0 atom stereocenters. The standard InChI is InChI=1S/C29H31N7OS/c30-28-26-27(20-6-11-24-23(17-20)33-25(38-24)16-19-4-2-1-3-5-19)34-36(29(26)32-18-31-28)22-9-7-21(8-10-22)35-12-14-37-15-13-35/h1-6,11,17-18,21-22H,7-10,12-16H2,(H2,30,31,32)/t21-,22-. The number of hydrogen-bond donors (Lipinski definition) is 1. The van der Waals surface area contributed by atoms with Crippen LogP contribution < -0.4 is 5.73 Å². The molecule has 2 fully saturated rings. The van der Waals surface area contributed by atoms with Crippen LogP contribution in [0.15, 0.2) is 54.9 Å². The molecule has 9 heteroatoms. The van der Waals surface area contributed by atoms with Gasteiger partial charge in [-0.25, -0.2) is 19.6 Å². The summed E-state index contributed by atoms with van der Waals surface area (Å²) in [6.45, 7) is 3.78. The smallest absolute Gasteiger partial charge is 0.164 e. The van der Waals surface area contributed by atoms with E-state index in [1.807, 2.05) is 6.07 Å². The highest BCUT2D eigenvalue weighted by Crippen LogP contribution is 2.38. The average molecular weight is 526 g/mol. The highest BCUT2D eigenvalue weighted by molar-refractivity contribution is 7.18. The van der Waals surface area contributed by atoms with E-state index in [0.29, 0.717) is 17.9 Å². The van der Waals surface area contributed by atoms with Crippen LogP contribution in [0.1, 0.15) is 42.3 Å². The van der Waals surface area contributed by atoms with Crippen LogP contribution in [0.4, 0.5) is 5.82 Å². The molecular weight excluding hydrogens is 494 g/mol. The fraction of sp³-hybridized carbons (Fsp3) is 0.379. The second kappa shape index (κ2) is 10.1. The third kappa shape index (κ3) is 4.44. The molecular formula is C29H31N7OS. The van der Waals surface area contributed by atoms with E-state index in [1.165, 1.54) is 10.3 Å². The maximum Gasteiger partial charge on any atom is 0.164 e. The first kappa shape index (κ1) is 23.7. The maximum atomic E-state index is 6.42. The fourth-order valence-electron chi connectivity index (χ4n) is 6.03. The fourth-order valence-corrected chi connectivity index (χ4v) is 7.01. The Bertz CT molecular complexity index is 1570. The van der Waals surface area contributed by atoms with Gasteiger partial charge < -0.3 is 10.5 Å². The minimum Gasteiger partial charge on any atom is -0.383 e. The lowest BCUT2D eigenvalue weighted by atomic mass is 9.90. The van der Waals surface area contributed by atoms with Crippen molar-refractivity contribution < 1.29 is 4.74 Å². The largest absolute Gasteiger partial charge is 0.383 e. The Hall–Kier alpha value is -3.40. The molecule has 4 heterocycles. The van der Waals surface area contributed by atoms with Crippen molar-refractivity contribution in [2.24, 2.45) is 0 Å². The van der Waals surface area contributed by atoms with Crippen molar-refractivity contribution in [1.82, 2.24) is 29.6 Å². The summed E-state index contributed by atoms with van der Waals surface area (Å²) in [5.74, 6) is 0.474. The minimum absolute atomic E-state index is 0.304. The van der Waals surface area contributed by atoms with Gasteiger partial charge >= 0.3 is 0 Å². The van der Waals surface area contributed by atoms with Crippen LogP contribution >= 0.6 is 11.3 Å². The van der Waals surface area contributed by atoms with Gasteiger partial charge in [-0.3, -0.25) is 4.90 Å². The van der Waals surface area contributed by atoms with Crippen molar-refractivity contribution in [3.63, 3.8) is 0 Å². The molecule has 2 aliphatic rings. The first-order chi connectivity index (χ1) is 18.7. The molecule has 38 heavy (non-hydrogen) atoms. The van der Waals surface area contributed by atoms with Crippen LogP contribution in [0.25, 0.3) is 32.5 Å². The van der Waals surface area contributed by atoms with E-state index < -0.39 is 0 Å². The summed E-state index contributed by atoms with van der Waals surface area (Å²) >= 11 is 1.74. The summed E-state index contributed by atoms with van der Waals surface area (Å²) in [5, 5.41) is 7.08. The van der Waals surface area contributed by atoms with Crippen LogP contribution in [-0.2, 0) is 11.2 Å². The van der Waals surface area contributed by atoms with Gasteiger partial charge in [-0.15, -0.1) is 11.3 Å². The first-order valence-corrected chi connectivity index (χ1v) is 14.3. The Morgan fingerprint density at radius 3 is 2.55 bits per heavy atom. The lowest BCUT2D eigenvalue weighted by Crippen LogP contribution is -2.45. The Labute approximate surface area is 225 Å². The van der Waals surface area contributed by atoms with Crippen molar-refractivity contribution in [3.05, 3.63) is 65.4 Å². The number of hydrogen-bond acceptors (Lipinski definition) is 8. The normalized spacial score (nSPS) is 20.8. The molecule has 1 aliphatic heterocycles. The summed E-state index contributed by atoms with van der Waals surface area (Å²) in [6, 6.07) is 17.8. The van der Waals surface area contributed by atoms with Crippen molar-refractivity contribution in [2.75, 3.05) is 32.0 Å². The summed E-state index contributed by atoms with van der Waals surface area (Å²) < 4.78 is 8.84. The average Bonchev–Trinajstić information content (AvgIpc) is 3.56. The first-order valence-electron chi connectivity index (χ1n) is 13.5. The molecule has 8 nitrogen and oxygen atoms in total. The van der Waals surface area contributed by atoms with E-state index in [9.17, 15) is 0 Å². The number of benzene rings is 2. The second-order valence-electron chi connectivity index (χ2n) is 10.3. The third-order valence-corrected chi connectivity index (χ3v) is 9.03. The molecule has 7 rings (SSSR count). The molecule has 1 saturated carbocycles. The Morgan fingerprint density at radius 1 is 0.947 bits per heavy atom. The van der Waals surface area contributed by atoms with E-state index in [0.717, 1.165) is 91.2 Å². The third-order valence-electron chi connectivity index (χ3n) is 8.00. The van der Waals surface area contributed by atoms with Crippen LogP contribution in [0.2, 0.25) is 0 Å². The topological polar surface area (TPSA) is 95.0 Å². The van der Waals surface area contributed by atoms with E-state index >= 15 is 0 Å². The van der Waals surface area contributed by atoms with Gasteiger partial charge in [0.25, 0.3) is 0 Å². The molecule has 194 valence electrons. The molecule has 1 aliphatic carbocycles. The molecule has 1 saturated heterocycles. The minimum atomic E-state index is 0.304. The number of thiazole rings is 1. The van der Waals surface area contributed by atoms with Gasteiger partial charge in [-0.1, -0.05) is 36.4 Å². The number of nitrogens with zero attached hydrogens (tertiary/aromatic N) is 6. The number of nitrogens with two attached hydrogens (primary N) is 1. The zero-order valence-electron chi connectivity index (χ0n) is 21.3. The lowest BCUT2D eigenvalue weighted by molar-refractivity contribution is 0.00520. The van der Waals surface area contributed by atoms with Crippen LogP contribution in [0.3, 0.4) is 0 Å². The van der Waals surface area contributed by atoms with E-state index in [4.69, 9.17) is 20.6 Å². The number of aromatic nitrogens is 5. The number of nitrogen functional groups attached to an aromatic ring is 1. The van der Waals surface area contributed by atoms with Crippen molar-refractivity contribution in [3.8, 4) is 11.3 Å². The SMILES string of the molecule is Nc1ncnc2c1c(-c1ccc3sc(Cc4ccccc4)nc3c1)nn2[C@H]1CC[C@H](N2CCOCC2)CC1. The van der Waals surface area contributed by atoms with Gasteiger partial charge in [-0.05, 0) is 43.4 Å². The number of rotatable bonds is 5. The number of morpholine rings is 1. The van der Waals surface area contributed by atoms with E-state index in [-0.39, 0.29) is 0 Å². The predicted octanol–water partition coefficient (Wildman–Crippen LogP) is 5.09. The zero-order valence-corrected chi connectivity index (χ0v) is 22.1. The van der Waals surface area contributed by atoms with Crippen molar-refractivity contribution >= 4 is 38.4 Å². The molecule has 5 aromatic rings. The number of ether oxygens (including phenoxy) is 1. The highest BCUT2D eigenvalue weighted by atomic mass is 32.1. The molecule has 2 N–H and O–H groups in total. The zero-order chi connectivity index (χ0) is 25.5. The van der Waals surface area contributed by atoms with Crippen LogP contribution in [-0.4, -0.2) is 62.0 Å². The summed E-state index contributed by atoms with van der Waals surface area (Å²) in [7, 11) is 0. The second-order valence-corrected chi connectivity index (χ2v) is 11.4. The van der Waals surface area contributed by atoms with Crippen molar-refractivity contribution in [1.29, 1.82) is 0 Å². The quantitative estimate of drug-likeness (QED) is 0.341. The van der Waals surface area contributed by atoms with E-state index in [2.05, 4.69) is 62.0 Å². The Morgan fingerprint density at radius 2 is 1.74 bits per heavy atom. The number of fused-ring (bicyclic) bond motifs is 2. The van der Waals surface area contributed by atoms with E-state index in [1.54, 1.807) is 17.7 Å². The molecule has 0 radical (unpaired) electrons. The summed E-state index contributed by atoms with van der Waals surface area (Å²) in [6.07, 6.45) is 6.87. The van der Waals surface area contributed by atoms with Gasteiger partial charge in [0.05, 0.1) is 39.9 Å². The van der Waals surface area contributed by atoms with Gasteiger partial charge in [0.15, 0.2) is 5.65 Å².